The predicted molar refractivity (Wildman–Crippen MR) is 128 cm³/mol. The lowest BCUT2D eigenvalue weighted by molar-refractivity contribution is 0.304. The van der Waals surface area contributed by atoms with Crippen LogP contribution in [0.3, 0.4) is 0 Å². The largest absolute Gasteiger partial charge is 0.494 e. The molecule has 0 bridgehead atoms. The van der Waals surface area contributed by atoms with Gasteiger partial charge in [-0.3, -0.25) is 0 Å². The minimum atomic E-state index is 0.798. The first kappa shape index (κ1) is 24.0. The molecule has 0 saturated heterocycles. The zero-order valence-corrected chi connectivity index (χ0v) is 19.1. The van der Waals surface area contributed by atoms with E-state index in [0.717, 1.165) is 36.5 Å². The van der Waals surface area contributed by atoms with Crippen LogP contribution in [0, 0.1) is 11.8 Å². The van der Waals surface area contributed by atoms with Gasteiger partial charge in [0.2, 0.25) is 0 Å². The Morgan fingerprint density at radius 2 is 1.37 bits per heavy atom. The van der Waals surface area contributed by atoms with Gasteiger partial charge in [-0.1, -0.05) is 83.6 Å². The second-order valence-corrected chi connectivity index (χ2v) is 8.11. The van der Waals surface area contributed by atoms with Crippen LogP contribution in [0.25, 0.3) is 0 Å². The van der Waals surface area contributed by atoms with Gasteiger partial charge in [0.25, 0.3) is 0 Å². The highest BCUT2D eigenvalue weighted by Gasteiger charge is 1.97. The number of nitrogens with zero attached hydrogens (tertiary/aromatic N) is 1. The number of benzene rings is 1. The smallest absolute Gasteiger partial charge is 0.119 e. The highest BCUT2D eigenvalue weighted by Crippen LogP contribution is 2.13. The molecule has 1 heterocycles. The van der Waals surface area contributed by atoms with Gasteiger partial charge in [0, 0.05) is 11.8 Å². The molecule has 1 aromatic carbocycles. The maximum Gasteiger partial charge on any atom is 0.119 e. The van der Waals surface area contributed by atoms with Crippen LogP contribution in [-0.4, -0.2) is 11.6 Å². The van der Waals surface area contributed by atoms with E-state index in [1.807, 2.05) is 36.5 Å². The van der Waals surface area contributed by atoms with Crippen LogP contribution in [0.5, 0.6) is 5.75 Å². The zero-order chi connectivity index (χ0) is 21.3. The maximum absolute atomic E-state index is 5.84. The van der Waals surface area contributed by atoms with Gasteiger partial charge >= 0.3 is 0 Å². The van der Waals surface area contributed by atoms with E-state index in [9.17, 15) is 0 Å². The Morgan fingerprint density at radius 3 is 2.03 bits per heavy atom. The molecule has 2 aromatic rings. The number of pyridine rings is 1. The Kier molecular flexibility index (Phi) is 12.4. The Hall–Kier alpha value is -2.27. The van der Waals surface area contributed by atoms with Gasteiger partial charge in [-0.05, 0) is 61.1 Å². The fourth-order valence-corrected chi connectivity index (χ4v) is 3.42. The van der Waals surface area contributed by atoms with Crippen molar-refractivity contribution in [2.24, 2.45) is 0 Å². The van der Waals surface area contributed by atoms with Gasteiger partial charge in [0.05, 0.1) is 6.61 Å². The Labute approximate surface area is 184 Å². The van der Waals surface area contributed by atoms with Crippen molar-refractivity contribution < 1.29 is 4.74 Å². The molecule has 0 radical (unpaired) electrons. The van der Waals surface area contributed by atoms with E-state index in [4.69, 9.17) is 4.74 Å². The van der Waals surface area contributed by atoms with Crippen LogP contribution < -0.4 is 4.74 Å². The average molecular weight is 406 g/mol. The van der Waals surface area contributed by atoms with Crippen molar-refractivity contribution >= 4 is 0 Å². The first-order chi connectivity index (χ1) is 14.8. The zero-order valence-electron chi connectivity index (χ0n) is 19.1. The summed E-state index contributed by atoms with van der Waals surface area (Å²) in [5, 5.41) is 0. The number of hydrogen-bond donors (Lipinski definition) is 0. The number of unbranched alkanes of at least 4 members (excludes halogenated alkanes) is 9. The molecule has 0 aliphatic heterocycles. The Bertz CT molecular complexity index is 737. The summed E-state index contributed by atoms with van der Waals surface area (Å²) in [5.74, 6) is 7.29. The first-order valence-electron chi connectivity index (χ1n) is 12.0. The lowest BCUT2D eigenvalue weighted by Gasteiger charge is -2.06. The molecule has 0 atom stereocenters. The van der Waals surface area contributed by atoms with E-state index in [1.165, 1.54) is 69.8 Å². The lowest BCUT2D eigenvalue weighted by Crippen LogP contribution is -1.97. The monoisotopic (exact) mass is 405 g/mol. The summed E-state index contributed by atoms with van der Waals surface area (Å²) in [6, 6.07) is 12.3. The topological polar surface area (TPSA) is 22.1 Å². The second-order valence-electron chi connectivity index (χ2n) is 8.11. The summed E-state index contributed by atoms with van der Waals surface area (Å²) < 4.78 is 5.84. The fraction of sp³-hybridized carbons (Fsp3) is 0.536. The highest BCUT2D eigenvalue weighted by atomic mass is 16.5. The van der Waals surface area contributed by atoms with Gasteiger partial charge in [0.1, 0.15) is 11.4 Å². The standard InChI is InChI=1S/C28H39NO/c1-3-5-7-9-11-13-23-30-28-21-17-25(18-22-28)15-19-27-20-16-26(24-29-27)14-12-10-8-6-4-2/h16-18,20-22,24H,3-14,23H2,1-2H3. The van der Waals surface area contributed by atoms with Gasteiger partial charge < -0.3 is 4.74 Å². The molecular weight excluding hydrogens is 366 g/mol. The molecule has 0 aliphatic rings. The first-order valence-corrected chi connectivity index (χ1v) is 12.0. The van der Waals surface area contributed by atoms with Crippen LogP contribution >= 0.6 is 0 Å². The molecule has 162 valence electrons. The number of aromatic nitrogens is 1. The summed E-state index contributed by atoms with van der Waals surface area (Å²) in [5.41, 5.74) is 3.13. The molecule has 0 N–H and O–H groups in total. The van der Waals surface area contributed by atoms with Gasteiger partial charge in [-0.2, -0.15) is 0 Å². The Morgan fingerprint density at radius 1 is 0.700 bits per heavy atom. The molecular formula is C28H39NO. The van der Waals surface area contributed by atoms with Crippen molar-refractivity contribution in [3.8, 4) is 17.6 Å². The molecule has 2 nitrogen and oxygen atoms in total. The minimum Gasteiger partial charge on any atom is -0.494 e. The quantitative estimate of drug-likeness (QED) is 0.237. The van der Waals surface area contributed by atoms with E-state index >= 15 is 0 Å². The average Bonchev–Trinajstić information content (AvgIpc) is 2.78. The molecule has 2 heteroatoms. The number of aryl methyl sites for hydroxylation is 1. The second kappa shape index (κ2) is 15.6. The number of hydrogen-bond acceptors (Lipinski definition) is 2. The summed E-state index contributed by atoms with van der Waals surface area (Å²) in [6.45, 7) is 5.30. The maximum atomic E-state index is 5.84. The van der Waals surface area contributed by atoms with Crippen LogP contribution in [0.15, 0.2) is 42.6 Å². The van der Waals surface area contributed by atoms with Crippen LogP contribution in [0.4, 0.5) is 0 Å². The lowest BCUT2D eigenvalue weighted by atomic mass is 10.1. The van der Waals surface area contributed by atoms with E-state index in [1.54, 1.807) is 0 Å². The molecule has 30 heavy (non-hydrogen) atoms. The molecule has 0 fully saturated rings. The van der Waals surface area contributed by atoms with E-state index in [-0.39, 0.29) is 0 Å². The molecule has 0 spiro atoms. The van der Waals surface area contributed by atoms with Crippen molar-refractivity contribution in [1.82, 2.24) is 4.98 Å². The van der Waals surface area contributed by atoms with Crippen molar-refractivity contribution in [3.63, 3.8) is 0 Å². The van der Waals surface area contributed by atoms with Crippen LogP contribution in [0.2, 0.25) is 0 Å². The van der Waals surface area contributed by atoms with E-state index < -0.39 is 0 Å². The fourth-order valence-electron chi connectivity index (χ4n) is 3.42. The van der Waals surface area contributed by atoms with E-state index in [0.29, 0.717) is 0 Å². The summed E-state index contributed by atoms with van der Waals surface area (Å²) in [6.07, 6.45) is 17.3. The third kappa shape index (κ3) is 10.5. The van der Waals surface area contributed by atoms with Crippen molar-refractivity contribution in [2.45, 2.75) is 90.9 Å². The molecule has 0 aliphatic carbocycles. The summed E-state index contributed by atoms with van der Waals surface area (Å²) >= 11 is 0. The number of ether oxygens (including phenoxy) is 1. The molecule has 0 unspecified atom stereocenters. The third-order valence-electron chi connectivity index (χ3n) is 5.35. The van der Waals surface area contributed by atoms with Crippen LogP contribution in [-0.2, 0) is 6.42 Å². The van der Waals surface area contributed by atoms with Crippen molar-refractivity contribution in [3.05, 3.63) is 59.4 Å². The third-order valence-corrected chi connectivity index (χ3v) is 5.35. The normalized spacial score (nSPS) is 10.5. The van der Waals surface area contributed by atoms with Gasteiger partial charge in [-0.25, -0.2) is 4.98 Å². The Balaban J connectivity index is 1.70. The molecule has 1 aromatic heterocycles. The molecule has 0 amide bonds. The highest BCUT2D eigenvalue weighted by molar-refractivity contribution is 5.42. The van der Waals surface area contributed by atoms with Crippen LogP contribution in [0.1, 0.15) is 101 Å². The number of rotatable bonds is 14. The minimum absolute atomic E-state index is 0.798. The predicted octanol–water partition coefficient (Wildman–Crippen LogP) is 7.73. The van der Waals surface area contributed by atoms with Gasteiger partial charge in [0.15, 0.2) is 0 Å². The van der Waals surface area contributed by atoms with Crippen molar-refractivity contribution in [2.75, 3.05) is 6.61 Å². The van der Waals surface area contributed by atoms with Gasteiger partial charge in [-0.15, -0.1) is 0 Å². The van der Waals surface area contributed by atoms with Crippen molar-refractivity contribution in [1.29, 1.82) is 0 Å². The molecule has 2 rings (SSSR count). The summed E-state index contributed by atoms with van der Waals surface area (Å²) in [4.78, 5) is 4.50. The molecule has 0 saturated carbocycles. The summed E-state index contributed by atoms with van der Waals surface area (Å²) in [7, 11) is 0. The SMILES string of the molecule is CCCCCCCCOc1ccc(C#Cc2ccc(CCCCCCC)cn2)cc1. The van der Waals surface area contributed by atoms with E-state index in [2.05, 4.69) is 36.7 Å².